The van der Waals surface area contributed by atoms with Crippen molar-refractivity contribution in [3.63, 3.8) is 0 Å². The summed E-state index contributed by atoms with van der Waals surface area (Å²) in [6, 6.07) is 5.91. The van der Waals surface area contributed by atoms with Crippen LogP contribution in [-0.2, 0) is 11.3 Å². The van der Waals surface area contributed by atoms with Crippen molar-refractivity contribution in [2.24, 2.45) is 0 Å². The summed E-state index contributed by atoms with van der Waals surface area (Å²) in [5.74, 6) is 1.96. The Morgan fingerprint density at radius 3 is 2.60 bits per heavy atom. The second kappa shape index (κ2) is 7.65. The number of likely N-dealkylation sites (N-methyl/N-ethyl adjacent to an activating group) is 1. The number of aromatic nitrogens is 2. The molecule has 1 fully saturated rings. The molecule has 1 amide bonds. The molecule has 2 aromatic rings. The van der Waals surface area contributed by atoms with E-state index in [2.05, 4.69) is 15.0 Å². The van der Waals surface area contributed by atoms with E-state index in [1.165, 1.54) is 0 Å². The number of piperazine rings is 1. The first kappa shape index (κ1) is 17.4. The van der Waals surface area contributed by atoms with Crippen molar-refractivity contribution in [2.75, 3.05) is 44.7 Å². The fraction of sp³-hybridized carbons (Fsp3) is 0.500. The monoisotopic (exact) mass is 343 g/mol. The summed E-state index contributed by atoms with van der Waals surface area (Å²) in [6.07, 6.45) is 1.80. The highest BCUT2D eigenvalue weighted by molar-refractivity contribution is 5.78. The van der Waals surface area contributed by atoms with Gasteiger partial charge in [-0.15, -0.1) is 0 Å². The van der Waals surface area contributed by atoms with Crippen LogP contribution in [0.4, 0.5) is 5.82 Å². The van der Waals surface area contributed by atoms with E-state index in [4.69, 9.17) is 4.52 Å². The molecule has 3 heterocycles. The van der Waals surface area contributed by atoms with Crippen LogP contribution in [0.3, 0.4) is 0 Å². The van der Waals surface area contributed by atoms with Crippen LogP contribution in [0.15, 0.2) is 28.9 Å². The number of hydrogen-bond acceptors (Lipinski definition) is 6. The van der Waals surface area contributed by atoms with Gasteiger partial charge in [0.1, 0.15) is 11.6 Å². The van der Waals surface area contributed by atoms with E-state index in [1.807, 2.05) is 48.9 Å². The van der Waals surface area contributed by atoms with Crippen molar-refractivity contribution in [3.8, 4) is 0 Å². The molecule has 0 radical (unpaired) electrons. The molecule has 0 saturated carbocycles. The molecule has 0 aliphatic carbocycles. The van der Waals surface area contributed by atoms with Gasteiger partial charge in [-0.05, 0) is 33.0 Å². The zero-order chi connectivity index (χ0) is 17.8. The Hall–Kier alpha value is -2.41. The molecule has 0 atom stereocenters. The quantitative estimate of drug-likeness (QED) is 0.819. The minimum atomic E-state index is 0.162. The summed E-state index contributed by atoms with van der Waals surface area (Å²) < 4.78 is 5.19. The number of rotatable bonds is 5. The Balaban J connectivity index is 1.49. The molecule has 1 aliphatic rings. The molecule has 0 bridgehead atoms. The number of amides is 1. The molecule has 1 aliphatic heterocycles. The number of carbonyl (C=O) groups is 1. The second-order valence-corrected chi connectivity index (χ2v) is 6.53. The Bertz CT molecular complexity index is 688. The van der Waals surface area contributed by atoms with E-state index >= 15 is 0 Å². The molecule has 25 heavy (non-hydrogen) atoms. The third kappa shape index (κ3) is 4.17. The van der Waals surface area contributed by atoms with Crippen molar-refractivity contribution < 1.29 is 9.32 Å². The zero-order valence-electron chi connectivity index (χ0n) is 15.1. The van der Waals surface area contributed by atoms with E-state index in [0.717, 1.165) is 49.0 Å². The Morgan fingerprint density at radius 1 is 1.24 bits per heavy atom. The Morgan fingerprint density at radius 2 is 2.00 bits per heavy atom. The molecule has 1 saturated heterocycles. The van der Waals surface area contributed by atoms with Gasteiger partial charge >= 0.3 is 0 Å². The first-order chi connectivity index (χ1) is 12.0. The lowest BCUT2D eigenvalue weighted by atomic mass is 10.2. The maximum Gasteiger partial charge on any atom is 0.236 e. The highest BCUT2D eigenvalue weighted by Gasteiger charge is 2.23. The van der Waals surface area contributed by atoms with E-state index in [-0.39, 0.29) is 5.91 Å². The maximum absolute atomic E-state index is 12.6. The molecule has 0 spiro atoms. The number of pyridine rings is 1. The predicted molar refractivity (Wildman–Crippen MR) is 95.3 cm³/mol. The lowest BCUT2D eigenvalue weighted by Crippen LogP contribution is -2.51. The topological polar surface area (TPSA) is 65.7 Å². The van der Waals surface area contributed by atoms with Crippen LogP contribution < -0.4 is 4.90 Å². The third-order valence-corrected chi connectivity index (χ3v) is 4.62. The molecule has 0 aromatic carbocycles. The lowest BCUT2D eigenvalue weighted by Gasteiger charge is -2.36. The van der Waals surface area contributed by atoms with Crippen molar-refractivity contribution in [3.05, 3.63) is 41.4 Å². The SMILES string of the molecule is Cc1noc(C)c1CN(C)CC(=O)N1CCN(c2ccccn2)CC1. The van der Waals surface area contributed by atoms with Gasteiger partial charge in [0.25, 0.3) is 0 Å². The van der Waals surface area contributed by atoms with Gasteiger partial charge in [-0.3, -0.25) is 9.69 Å². The Labute approximate surface area is 148 Å². The smallest absolute Gasteiger partial charge is 0.236 e. The molecule has 0 unspecified atom stereocenters. The fourth-order valence-electron chi connectivity index (χ4n) is 3.11. The molecule has 7 heteroatoms. The van der Waals surface area contributed by atoms with Crippen LogP contribution >= 0.6 is 0 Å². The van der Waals surface area contributed by atoms with Crippen LogP contribution in [0.1, 0.15) is 17.0 Å². The molecule has 3 rings (SSSR count). The summed E-state index contributed by atoms with van der Waals surface area (Å²) >= 11 is 0. The van der Waals surface area contributed by atoms with E-state index in [1.54, 1.807) is 6.20 Å². The summed E-state index contributed by atoms with van der Waals surface area (Å²) in [5.41, 5.74) is 1.95. The van der Waals surface area contributed by atoms with Gasteiger partial charge in [0.05, 0.1) is 12.2 Å². The maximum atomic E-state index is 12.6. The molecule has 0 N–H and O–H groups in total. The summed E-state index contributed by atoms with van der Waals surface area (Å²) in [5, 5.41) is 3.97. The Kier molecular flexibility index (Phi) is 5.33. The normalized spacial score (nSPS) is 15.0. The highest BCUT2D eigenvalue weighted by Crippen LogP contribution is 2.15. The van der Waals surface area contributed by atoms with Gasteiger partial charge in [-0.2, -0.15) is 0 Å². The van der Waals surface area contributed by atoms with Crippen LogP contribution in [0, 0.1) is 13.8 Å². The number of aryl methyl sites for hydroxylation is 2. The van der Waals surface area contributed by atoms with Crippen molar-refractivity contribution in [1.29, 1.82) is 0 Å². The van der Waals surface area contributed by atoms with E-state index in [0.29, 0.717) is 13.1 Å². The summed E-state index contributed by atoms with van der Waals surface area (Å²) in [4.78, 5) is 23.1. The lowest BCUT2D eigenvalue weighted by molar-refractivity contribution is -0.132. The number of hydrogen-bond donors (Lipinski definition) is 0. The van der Waals surface area contributed by atoms with Gasteiger partial charge in [0, 0.05) is 44.5 Å². The standard InChI is InChI=1S/C18H25N5O2/c1-14-16(15(2)25-20-14)12-21(3)13-18(24)23-10-8-22(9-11-23)17-6-4-5-7-19-17/h4-7H,8-13H2,1-3H3. The molecule has 134 valence electrons. The van der Waals surface area contributed by atoms with E-state index < -0.39 is 0 Å². The van der Waals surface area contributed by atoms with Gasteiger partial charge in [0.2, 0.25) is 5.91 Å². The first-order valence-electron chi connectivity index (χ1n) is 8.58. The number of anilines is 1. The first-order valence-corrected chi connectivity index (χ1v) is 8.58. The predicted octanol–water partition coefficient (Wildman–Crippen LogP) is 1.47. The average Bonchev–Trinajstić information content (AvgIpc) is 2.94. The zero-order valence-corrected chi connectivity index (χ0v) is 15.1. The highest BCUT2D eigenvalue weighted by atomic mass is 16.5. The molecular weight excluding hydrogens is 318 g/mol. The van der Waals surface area contributed by atoms with Crippen LogP contribution in [0.25, 0.3) is 0 Å². The molecule has 2 aromatic heterocycles. The number of carbonyl (C=O) groups excluding carboxylic acids is 1. The minimum Gasteiger partial charge on any atom is -0.361 e. The molecular formula is C18H25N5O2. The average molecular weight is 343 g/mol. The second-order valence-electron chi connectivity index (χ2n) is 6.53. The van der Waals surface area contributed by atoms with Crippen molar-refractivity contribution in [1.82, 2.24) is 19.9 Å². The van der Waals surface area contributed by atoms with Gasteiger partial charge in [0.15, 0.2) is 0 Å². The van der Waals surface area contributed by atoms with Gasteiger partial charge < -0.3 is 14.3 Å². The number of nitrogens with zero attached hydrogens (tertiary/aromatic N) is 5. The largest absolute Gasteiger partial charge is 0.361 e. The van der Waals surface area contributed by atoms with Crippen LogP contribution in [0.2, 0.25) is 0 Å². The van der Waals surface area contributed by atoms with Crippen molar-refractivity contribution in [2.45, 2.75) is 20.4 Å². The van der Waals surface area contributed by atoms with Gasteiger partial charge in [-0.1, -0.05) is 11.2 Å². The third-order valence-electron chi connectivity index (χ3n) is 4.62. The molecule has 7 nitrogen and oxygen atoms in total. The summed E-state index contributed by atoms with van der Waals surface area (Å²) in [6.45, 7) is 7.99. The van der Waals surface area contributed by atoms with Crippen LogP contribution in [0.5, 0.6) is 0 Å². The van der Waals surface area contributed by atoms with Crippen molar-refractivity contribution >= 4 is 11.7 Å². The van der Waals surface area contributed by atoms with Gasteiger partial charge in [-0.25, -0.2) is 4.98 Å². The minimum absolute atomic E-state index is 0.162. The van der Waals surface area contributed by atoms with Crippen LogP contribution in [-0.4, -0.2) is 65.6 Å². The summed E-state index contributed by atoms with van der Waals surface area (Å²) in [7, 11) is 1.95. The van der Waals surface area contributed by atoms with E-state index in [9.17, 15) is 4.79 Å². The fourth-order valence-corrected chi connectivity index (χ4v) is 3.11.